The van der Waals surface area contributed by atoms with Gasteiger partial charge in [-0.25, -0.2) is 8.78 Å². The minimum Gasteiger partial charge on any atom is -0.411 e. The third-order valence-electron chi connectivity index (χ3n) is 9.01. The Balaban J connectivity index is 1.45. The summed E-state index contributed by atoms with van der Waals surface area (Å²) < 4.78 is 26.5. The number of hydrogen-bond donors (Lipinski definition) is 1. The molecule has 0 spiro atoms. The molecule has 0 aliphatic heterocycles. The standard InChI is InChI=1S/C25H30F2N2O/c1-24-9-7-18(29-30)12-17(24)3-4-19-21-6-5-20(25(21,2)10-8-22(19)24)15-11-16(23(26)27)14-28-13-15/h5,11-14,19,21-23,30H,3-4,6-10H2,1-2H3/b29-18+/t19-,21-,22-,24-,25+/m0/s1. The highest BCUT2D eigenvalue weighted by molar-refractivity contribution is 5.96. The molecule has 5 atom stereocenters. The van der Waals surface area contributed by atoms with Gasteiger partial charge >= 0.3 is 0 Å². The molecule has 2 saturated carbocycles. The Morgan fingerprint density at radius 2 is 1.93 bits per heavy atom. The number of pyridine rings is 1. The van der Waals surface area contributed by atoms with E-state index < -0.39 is 6.43 Å². The lowest BCUT2D eigenvalue weighted by Crippen LogP contribution is -2.49. The number of rotatable bonds is 2. The Bertz CT molecular complexity index is 952. The molecule has 1 aromatic heterocycles. The van der Waals surface area contributed by atoms with E-state index in [2.05, 4.69) is 36.1 Å². The first-order chi connectivity index (χ1) is 14.4. The molecule has 3 nitrogen and oxygen atoms in total. The zero-order chi connectivity index (χ0) is 21.1. The van der Waals surface area contributed by atoms with Crippen molar-refractivity contribution in [2.45, 2.75) is 65.2 Å². The van der Waals surface area contributed by atoms with Crippen molar-refractivity contribution in [1.82, 2.24) is 4.98 Å². The minimum atomic E-state index is -2.49. The van der Waals surface area contributed by atoms with E-state index in [-0.39, 0.29) is 16.4 Å². The zero-order valence-corrected chi connectivity index (χ0v) is 17.7. The molecule has 160 valence electrons. The van der Waals surface area contributed by atoms with Gasteiger partial charge in [0.25, 0.3) is 6.43 Å². The molecule has 0 radical (unpaired) electrons. The van der Waals surface area contributed by atoms with Gasteiger partial charge in [-0.15, -0.1) is 0 Å². The minimum absolute atomic E-state index is 0.0117. The van der Waals surface area contributed by atoms with Crippen molar-refractivity contribution in [2.24, 2.45) is 33.7 Å². The van der Waals surface area contributed by atoms with Crippen molar-refractivity contribution in [1.29, 1.82) is 0 Å². The first kappa shape index (κ1) is 19.9. The second-order valence-corrected chi connectivity index (χ2v) is 10.2. The normalized spacial score (nSPS) is 39.2. The summed E-state index contributed by atoms with van der Waals surface area (Å²) >= 11 is 0. The molecule has 0 bridgehead atoms. The van der Waals surface area contributed by atoms with Crippen molar-refractivity contribution in [3.05, 3.63) is 47.3 Å². The van der Waals surface area contributed by atoms with Crippen LogP contribution in [0.5, 0.6) is 0 Å². The number of alkyl halides is 2. The molecular weight excluding hydrogens is 382 g/mol. The molecule has 5 heteroatoms. The maximum atomic E-state index is 13.2. The van der Waals surface area contributed by atoms with E-state index in [4.69, 9.17) is 0 Å². The predicted octanol–water partition coefficient (Wildman–Crippen LogP) is 6.81. The van der Waals surface area contributed by atoms with Gasteiger partial charge in [0.15, 0.2) is 0 Å². The number of oxime groups is 1. The molecule has 4 aliphatic carbocycles. The molecular formula is C25H30F2N2O. The van der Waals surface area contributed by atoms with Gasteiger partial charge in [0, 0.05) is 18.0 Å². The van der Waals surface area contributed by atoms with Crippen LogP contribution in [0.25, 0.3) is 5.57 Å². The third kappa shape index (κ3) is 2.80. The Morgan fingerprint density at radius 3 is 2.70 bits per heavy atom. The van der Waals surface area contributed by atoms with Crippen molar-refractivity contribution >= 4 is 11.3 Å². The number of nitrogens with zero attached hydrogens (tertiary/aromatic N) is 2. The highest BCUT2D eigenvalue weighted by Gasteiger charge is 2.57. The summed E-state index contributed by atoms with van der Waals surface area (Å²) in [5, 5.41) is 12.7. The van der Waals surface area contributed by atoms with Crippen LogP contribution in [-0.4, -0.2) is 15.9 Å². The van der Waals surface area contributed by atoms with Crippen LogP contribution in [-0.2, 0) is 0 Å². The van der Waals surface area contributed by atoms with Gasteiger partial charge in [0.05, 0.1) is 5.71 Å². The summed E-state index contributed by atoms with van der Waals surface area (Å²) in [6, 6.07) is 1.64. The van der Waals surface area contributed by atoms with Crippen LogP contribution in [0.2, 0.25) is 0 Å². The van der Waals surface area contributed by atoms with Gasteiger partial charge in [0.2, 0.25) is 0 Å². The molecule has 1 aromatic rings. The summed E-state index contributed by atoms with van der Waals surface area (Å²) in [5.74, 6) is 1.86. The second-order valence-electron chi connectivity index (χ2n) is 10.2. The molecule has 5 rings (SSSR count). The maximum absolute atomic E-state index is 13.2. The lowest BCUT2D eigenvalue weighted by atomic mass is 9.46. The monoisotopic (exact) mass is 412 g/mol. The van der Waals surface area contributed by atoms with Gasteiger partial charge in [-0.2, -0.15) is 0 Å². The molecule has 30 heavy (non-hydrogen) atoms. The Kier molecular flexibility index (Phi) is 4.64. The summed E-state index contributed by atoms with van der Waals surface area (Å²) in [4.78, 5) is 4.12. The van der Waals surface area contributed by atoms with Gasteiger partial charge in [0.1, 0.15) is 0 Å². The Labute approximate surface area is 177 Å². The highest BCUT2D eigenvalue weighted by Crippen LogP contribution is 2.66. The summed E-state index contributed by atoms with van der Waals surface area (Å²) in [6.07, 6.45) is 12.4. The fraction of sp³-hybridized carbons (Fsp3) is 0.600. The largest absolute Gasteiger partial charge is 0.411 e. The molecule has 2 fully saturated rings. The number of halogens is 2. The van der Waals surface area contributed by atoms with E-state index in [0.717, 1.165) is 49.8 Å². The number of hydrogen-bond acceptors (Lipinski definition) is 3. The number of fused-ring (bicyclic) bond motifs is 5. The predicted molar refractivity (Wildman–Crippen MR) is 113 cm³/mol. The highest BCUT2D eigenvalue weighted by atomic mass is 19.3. The Hall–Kier alpha value is -2.04. The van der Waals surface area contributed by atoms with E-state index in [1.807, 2.05) is 0 Å². The molecule has 0 aromatic carbocycles. The SMILES string of the molecule is C[C@]12CC/C(=N\O)C=C1CC[C@@H]1[C@@H]2CC[C@]2(C)C(c3cncc(C(F)F)c3)=CC[C@@H]12. The molecule has 0 saturated heterocycles. The van der Waals surface area contributed by atoms with Crippen LogP contribution in [0.4, 0.5) is 8.78 Å². The van der Waals surface area contributed by atoms with E-state index >= 15 is 0 Å². The number of aromatic nitrogens is 1. The van der Waals surface area contributed by atoms with Crippen LogP contribution in [0.1, 0.15) is 76.3 Å². The molecule has 1 N–H and O–H groups in total. The number of allylic oxidation sites excluding steroid dienone is 4. The zero-order valence-electron chi connectivity index (χ0n) is 17.7. The van der Waals surface area contributed by atoms with Crippen LogP contribution >= 0.6 is 0 Å². The quantitative estimate of drug-likeness (QED) is 0.429. The van der Waals surface area contributed by atoms with Gasteiger partial charge < -0.3 is 5.21 Å². The molecule has 4 aliphatic rings. The van der Waals surface area contributed by atoms with Crippen molar-refractivity contribution in [2.75, 3.05) is 0 Å². The van der Waals surface area contributed by atoms with E-state index in [1.165, 1.54) is 23.8 Å². The van der Waals surface area contributed by atoms with Crippen molar-refractivity contribution in [3.63, 3.8) is 0 Å². The average molecular weight is 413 g/mol. The lowest BCUT2D eigenvalue weighted by molar-refractivity contribution is -0.0190. The van der Waals surface area contributed by atoms with Gasteiger partial charge in [-0.3, -0.25) is 4.98 Å². The van der Waals surface area contributed by atoms with Crippen LogP contribution < -0.4 is 0 Å². The molecule has 0 amide bonds. The maximum Gasteiger partial charge on any atom is 0.265 e. The third-order valence-corrected chi connectivity index (χ3v) is 9.01. The van der Waals surface area contributed by atoms with E-state index in [0.29, 0.717) is 17.8 Å². The molecule has 0 unspecified atom stereocenters. The second kappa shape index (κ2) is 7.00. The first-order valence-corrected chi connectivity index (χ1v) is 11.2. The van der Waals surface area contributed by atoms with Crippen LogP contribution in [0, 0.1) is 28.6 Å². The average Bonchev–Trinajstić information content (AvgIpc) is 3.10. The van der Waals surface area contributed by atoms with Crippen molar-refractivity contribution < 1.29 is 14.0 Å². The molecule has 1 heterocycles. The van der Waals surface area contributed by atoms with E-state index in [1.54, 1.807) is 12.3 Å². The fourth-order valence-corrected chi connectivity index (χ4v) is 7.39. The van der Waals surface area contributed by atoms with E-state index in [9.17, 15) is 14.0 Å². The van der Waals surface area contributed by atoms with Crippen LogP contribution in [0.15, 0.2) is 41.3 Å². The topological polar surface area (TPSA) is 45.5 Å². The summed E-state index contributed by atoms with van der Waals surface area (Å²) in [7, 11) is 0. The van der Waals surface area contributed by atoms with Gasteiger partial charge in [-0.05, 0) is 96.8 Å². The lowest BCUT2D eigenvalue weighted by Gasteiger charge is -2.58. The fourth-order valence-electron chi connectivity index (χ4n) is 7.39. The summed E-state index contributed by atoms with van der Waals surface area (Å²) in [6.45, 7) is 4.78. The first-order valence-electron chi connectivity index (χ1n) is 11.2. The van der Waals surface area contributed by atoms with Gasteiger partial charge in [-0.1, -0.05) is 30.7 Å². The van der Waals surface area contributed by atoms with Crippen molar-refractivity contribution in [3.8, 4) is 0 Å². The Morgan fingerprint density at radius 1 is 1.10 bits per heavy atom. The summed E-state index contributed by atoms with van der Waals surface area (Å²) in [5.41, 5.74) is 4.62. The van der Waals surface area contributed by atoms with Crippen LogP contribution in [0.3, 0.4) is 0 Å². The smallest absolute Gasteiger partial charge is 0.265 e.